The van der Waals surface area contributed by atoms with E-state index in [1.165, 1.54) is 0 Å². The fourth-order valence-electron chi connectivity index (χ4n) is 2.65. The van der Waals surface area contributed by atoms with Gasteiger partial charge in [-0.1, -0.05) is 12.1 Å². The molecule has 1 aromatic rings. The van der Waals surface area contributed by atoms with E-state index in [0.29, 0.717) is 19.5 Å². The number of rotatable bonds is 4. The summed E-state index contributed by atoms with van der Waals surface area (Å²) in [7, 11) is 0. The third-order valence-electron chi connectivity index (χ3n) is 4.31. The molecular weight excluding hydrogens is 268 g/mol. The summed E-state index contributed by atoms with van der Waals surface area (Å²) in [6.45, 7) is 7.01. The maximum absolute atomic E-state index is 12.1. The first kappa shape index (κ1) is 15.5. The van der Waals surface area contributed by atoms with Crippen LogP contribution in [-0.2, 0) is 9.59 Å². The Morgan fingerprint density at radius 2 is 2.10 bits per heavy atom. The first-order valence-corrected chi connectivity index (χ1v) is 7.14. The molecule has 0 bridgehead atoms. The minimum absolute atomic E-state index is 0.0988. The maximum atomic E-state index is 12.1. The van der Waals surface area contributed by atoms with Crippen molar-refractivity contribution in [1.29, 1.82) is 0 Å². The molecule has 2 rings (SSSR count). The second-order valence-corrected chi connectivity index (χ2v) is 6.12. The lowest BCUT2D eigenvalue weighted by Crippen LogP contribution is -2.35. The molecule has 1 aliphatic rings. The number of benzene rings is 1. The summed E-state index contributed by atoms with van der Waals surface area (Å²) >= 11 is 0. The predicted molar refractivity (Wildman–Crippen MR) is 81.3 cm³/mol. The van der Waals surface area contributed by atoms with Gasteiger partial charge in [0.1, 0.15) is 0 Å². The monoisotopic (exact) mass is 290 g/mol. The zero-order valence-corrected chi connectivity index (χ0v) is 12.8. The first-order chi connectivity index (χ1) is 9.82. The summed E-state index contributed by atoms with van der Waals surface area (Å²) in [4.78, 5) is 25.2. The molecule has 114 valence electrons. The molecule has 1 amide bonds. The number of anilines is 1. The van der Waals surface area contributed by atoms with E-state index in [2.05, 4.69) is 5.32 Å². The highest BCUT2D eigenvalue weighted by molar-refractivity contribution is 5.93. The normalized spacial score (nSPS) is 22.2. The van der Waals surface area contributed by atoms with Crippen LogP contribution in [0.1, 0.15) is 24.5 Å². The third kappa shape index (κ3) is 3.42. The molecular formula is C16H22N2O3. The van der Waals surface area contributed by atoms with Crippen LogP contribution in [0.25, 0.3) is 0 Å². The van der Waals surface area contributed by atoms with Gasteiger partial charge in [0.15, 0.2) is 0 Å². The number of likely N-dealkylation sites (tertiary alicyclic amines) is 1. The zero-order chi connectivity index (χ0) is 15.6. The summed E-state index contributed by atoms with van der Waals surface area (Å²) in [6, 6.07) is 5.80. The number of hydrogen-bond acceptors (Lipinski definition) is 3. The fraction of sp³-hybridized carbons (Fsp3) is 0.500. The van der Waals surface area contributed by atoms with Crippen molar-refractivity contribution in [1.82, 2.24) is 4.90 Å². The summed E-state index contributed by atoms with van der Waals surface area (Å²) in [5.74, 6) is -0.890. The molecule has 0 aliphatic carbocycles. The van der Waals surface area contributed by atoms with Crippen LogP contribution < -0.4 is 5.32 Å². The largest absolute Gasteiger partial charge is 0.481 e. The highest BCUT2D eigenvalue weighted by Crippen LogP contribution is 2.29. The van der Waals surface area contributed by atoms with Crippen LogP contribution in [0.3, 0.4) is 0 Å². The van der Waals surface area contributed by atoms with Crippen molar-refractivity contribution in [3.63, 3.8) is 0 Å². The molecule has 2 N–H and O–H groups in total. The lowest BCUT2D eigenvalue weighted by atomic mass is 9.90. The Hall–Kier alpha value is -1.88. The van der Waals surface area contributed by atoms with Gasteiger partial charge in [-0.15, -0.1) is 0 Å². The lowest BCUT2D eigenvalue weighted by Gasteiger charge is -2.20. The molecule has 0 spiro atoms. The van der Waals surface area contributed by atoms with Crippen molar-refractivity contribution in [2.45, 2.75) is 27.2 Å². The third-order valence-corrected chi connectivity index (χ3v) is 4.31. The van der Waals surface area contributed by atoms with E-state index in [4.69, 9.17) is 0 Å². The van der Waals surface area contributed by atoms with Crippen LogP contribution in [0.5, 0.6) is 0 Å². The van der Waals surface area contributed by atoms with E-state index in [0.717, 1.165) is 16.8 Å². The molecule has 0 aromatic heterocycles. The number of aliphatic carboxylic acids is 1. The zero-order valence-electron chi connectivity index (χ0n) is 12.8. The molecule has 1 fully saturated rings. The SMILES string of the molecule is Cc1cccc(NC(=O)CN2CCC(C)(C(=O)O)C2)c1C. The van der Waals surface area contributed by atoms with Crippen LogP contribution in [0, 0.1) is 19.3 Å². The Kier molecular flexibility index (Phi) is 4.32. The standard InChI is InChI=1S/C16H22N2O3/c1-11-5-4-6-13(12(11)2)17-14(19)9-18-8-7-16(3,10-18)15(20)21/h4-6H,7-10H2,1-3H3,(H,17,19)(H,20,21). The lowest BCUT2D eigenvalue weighted by molar-refractivity contribution is -0.147. The van der Waals surface area contributed by atoms with Crippen molar-refractivity contribution in [2.24, 2.45) is 5.41 Å². The van der Waals surface area contributed by atoms with E-state index in [-0.39, 0.29) is 12.5 Å². The first-order valence-electron chi connectivity index (χ1n) is 7.14. The Balaban J connectivity index is 1.94. The molecule has 1 aliphatic heterocycles. The van der Waals surface area contributed by atoms with Crippen LogP contribution in [0.2, 0.25) is 0 Å². The minimum Gasteiger partial charge on any atom is -0.481 e. The van der Waals surface area contributed by atoms with Gasteiger partial charge in [-0.3, -0.25) is 14.5 Å². The van der Waals surface area contributed by atoms with E-state index in [1.54, 1.807) is 6.92 Å². The van der Waals surface area contributed by atoms with Crippen LogP contribution >= 0.6 is 0 Å². The number of aryl methyl sites for hydroxylation is 1. The van der Waals surface area contributed by atoms with Gasteiger partial charge < -0.3 is 10.4 Å². The highest BCUT2D eigenvalue weighted by atomic mass is 16.4. The van der Waals surface area contributed by atoms with E-state index in [9.17, 15) is 14.7 Å². The molecule has 0 saturated carbocycles. The molecule has 0 radical (unpaired) electrons. The predicted octanol–water partition coefficient (Wildman–Crippen LogP) is 2.04. The molecule has 21 heavy (non-hydrogen) atoms. The van der Waals surface area contributed by atoms with Gasteiger partial charge in [-0.25, -0.2) is 0 Å². The molecule has 1 aromatic carbocycles. The van der Waals surface area contributed by atoms with Gasteiger partial charge >= 0.3 is 5.97 Å². The number of carbonyl (C=O) groups excluding carboxylic acids is 1. The van der Waals surface area contributed by atoms with Crippen LogP contribution in [-0.4, -0.2) is 41.5 Å². The molecule has 5 heteroatoms. The van der Waals surface area contributed by atoms with Crippen molar-refractivity contribution >= 4 is 17.6 Å². The van der Waals surface area contributed by atoms with E-state index >= 15 is 0 Å². The smallest absolute Gasteiger partial charge is 0.310 e. The number of carbonyl (C=O) groups is 2. The average Bonchev–Trinajstić information content (AvgIpc) is 2.78. The van der Waals surface area contributed by atoms with Gasteiger partial charge in [-0.2, -0.15) is 0 Å². The summed E-state index contributed by atoms with van der Waals surface area (Å²) < 4.78 is 0. The van der Waals surface area contributed by atoms with Gasteiger partial charge in [0, 0.05) is 12.2 Å². The molecule has 1 saturated heterocycles. The van der Waals surface area contributed by atoms with Gasteiger partial charge in [0.05, 0.1) is 12.0 Å². The van der Waals surface area contributed by atoms with Crippen LogP contribution in [0.4, 0.5) is 5.69 Å². The van der Waals surface area contributed by atoms with E-state index in [1.807, 2.05) is 36.9 Å². The quantitative estimate of drug-likeness (QED) is 0.890. The van der Waals surface area contributed by atoms with Crippen molar-refractivity contribution < 1.29 is 14.7 Å². The van der Waals surface area contributed by atoms with Gasteiger partial charge in [-0.05, 0) is 50.9 Å². The number of hydrogen-bond donors (Lipinski definition) is 2. The van der Waals surface area contributed by atoms with Gasteiger partial charge in [0.25, 0.3) is 0 Å². The number of nitrogens with one attached hydrogen (secondary N) is 1. The molecule has 1 unspecified atom stereocenters. The Bertz CT molecular complexity index is 571. The minimum atomic E-state index is -0.792. The molecule has 1 heterocycles. The summed E-state index contributed by atoms with van der Waals surface area (Å²) in [5, 5.41) is 12.1. The average molecular weight is 290 g/mol. The highest BCUT2D eigenvalue weighted by Gasteiger charge is 2.40. The summed E-state index contributed by atoms with van der Waals surface area (Å²) in [5.41, 5.74) is 2.27. The fourth-order valence-corrected chi connectivity index (χ4v) is 2.65. The topological polar surface area (TPSA) is 69.6 Å². The Morgan fingerprint density at radius 3 is 2.71 bits per heavy atom. The maximum Gasteiger partial charge on any atom is 0.310 e. The number of carboxylic acid groups (broad SMARTS) is 1. The number of amides is 1. The van der Waals surface area contributed by atoms with E-state index < -0.39 is 11.4 Å². The second-order valence-electron chi connectivity index (χ2n) is 6.12. The second kappa shape index (κ2) is 5.85. The van der Waals surface area contributed by atoms with Gasteiger partial charge in [0.2, 0.25) is 5.91 Å². The van der Waals surface area contributed by atoms with Crippen molar-refractivity contribution in [3.8, 4) is 0 Å². The number of nitrogens with zero attached hydrogens (tertiary/aromatic N) is 1. The molecule has 1 atom stereocenters. The number of carboxylic acids is 1. The Labute approximate surface area is 125 Å². The summed E-state index contributed by atoms with van der Waals surface area (Å²) in [6.07, 6.45) is 0.582. The van der Waals surface area contributed by atoms with Crippen molar-refractivity contribution in [3.05, 3.63) is 29.3 Å². The van der Waals surface area contributed by atoms with Crippen molar-refractivity contribution in [2.75, 3.05) is 25.0 Å². The molecule has 5 nitrogen and oxygen atoms in total. The Morgan fingerprint density at radius 1 is 1.38 bits per heavy atom. The van der Waals surface area contributed by atoms with Crippen LogP contribution in [0.15, 0.2) is 18.2 Å².